The maximum Gasteiger partial charge on any atom is 0.130 e. The van der Waals surface area contributed by atoms with Gasteiger partial charge in [-0.1, -0.05) is 18.2 Å². The molecule has 2 rings (SSSR count). The fourth-order valence-corrected chi connectivity index (χ4v) is 2.16. The van der Waals surface area contributed by atoms with E-state index < -0.39 is 11.6 Å². The molecule has 0 saturated heterocycles. The van der Waals surface area contributed by atoms with Crippen molar-refractivity contribution in [3.63, 3.8) is 0 Å². The molecule has 0 atom stereocenters. The summed E-state index contributed by atoms with van der Waals surface area (Å²) in [6, 6.07) is 11.8. The minimum atomic E-state index is -0.547. The summed E-state index contributed by atoms with van der Waals surface area (Å²) in [6.45, 7) is 1.04. The van der Waals surface area contributed by atoms with Gasteiger partial charge in [-0.15, -0.1) is 11.8 Å². The molecule has 0 aliphatic heterocycles. The summed E-state index contributed by atoms with van der Waals surface area (Å²) in [5.41, 5.74) is 1.61. The van der Waals surface area contributed by atoms with Gasteiger partial charge in [0.2, 0.25) is 0 Å². The first-order valence-corrected chi connectivity index (χ1v) is 7.19. The van der Waals surface area contributed by atoms with Crippen LogP contribution in [0.15, 0.2) is 47.4 Å². The Balaban J connectivity index is 1.88. The molecule has 100 valence electrons. The van der Waals surface area contributed by atoms with E-state index in [1.165, 1.54) is 17.0 Å². The van der Waals surface area contributed by atoms with Gasteiger partial charge in [0.05, 0.1) is 0 Å². The van der Waals surface area contributed by atoms with Crippen molar-refractivity contribution in [2.75, 3.05) is 6.26 Å². The van der Waals surface area contributed by atoms with Gasteiger partial charge >= 0.3 is 0 Å². The molecule has 0 spiro atoms. The van der Waals surface area contributed by atoms with Gasteiger partial charge in [-0.05, 0) is 30.0 Å². The first kappa shape index (κ1) is 14.0. The Morgan fingerprint density at radius 1 is 1.00 bits per heavy atom. The molecule has 1 nitrogen and oxygen atoms in total. The molecule has 0 fully saturated rings. The summed E-state index contributed by atoms with van der Waals surface area (Å²) >= 11 is 1.70. The summed E-state index contributed by atoms with van der Waals surface area (Å²) in [6.07, 6.45) is 2.03. The second-order valence-electron chi connectivity index (χ2n) is 4.19. The smallest absolute Gasteiger partial charge is 0.130 e. The largest absolute Gasteiger partial charge is 0.309 e. The highest BCUT2D eigenvalue weighted by atomic mass is 32.2. The second kappa shape index (κ2) is 6.68. The summed E-state index contributed by atoms with van der Waals surface area (Å²) in [4.78, 5) is 1.22. The van der Waals surface area contributed by atoms with Crippen LogP contribution in [0.4, 0.5) is 8.78 Å². The van der Waals surface area contributed by atoms with Gasteiger partial charge in [0.15, 0.2) is 0 Å². The Kier molecular flexibility index (Phi) is 4.93. The Morgan fingerprint density at radius 3 is 2.37 bits per heavy atom. The topological polar surface area (TPSA) is 12.0 Å². The highest BCUT2D eigenvalue weighted by Crippen LogP contribution is 2.15. The molecule has 19 heavy (non-hydrogen) atoms. The Hall–Kier alpha value is -1.39. The monoisotopic (exact) mass is 279 g/mol. The van der Waals surface area contributed by atoms with Crippen molar-refractivity contribution in [3.8, 4) is 0 Å². The van der Waals surface area contributed by atoms with Crippen molar-refractivity contribution in [3.05, 3.63) is 65.2 Å². The zero-order valence-corrected chi connectivity index (χ0v) is 11.4. The molecule has 0 unspecified atom stereocenters. The van der Waals surface area contributed by atoms with Crippen LogP contribution in [0, 0.1) is 11.6 Å². The molecule has 0 saturated carbocycles. The fraction of sp³-hybridized carbons (Fsp3) is 0.200. The number of hydrogen-bond acceptors (Lipinski definition) is 2. The van der Waals surface area contributed by atoms with Gasteiger partial charge < -0.3 is 5.32 Å². The number of hydrogen-bond donors (Lipinski definition) is 1. The van der Waals surface area contributed by atoms with E-state index in [-0.39, 0.29) is 0 Å². The summed E-state index contributed by atoms with van der Waals surface area (Å²) < 4.78 is 26.1. The summed E-state index contributed by atoms with van der Waals surface area (Å²) in [5.74, 6) is -1.06. The molecule has 2 aromatic rings. The zero-order valence-electron chi connectivity index (χ0n) is 10.6. The van der Waals surface area contributed by atoms with Crippen LogP contribution in [0.5, 0.6) is 0 Å². The third-order valence-corrected chi connectivity index (χ3v) is 3.56. The van der Waals surface area contributed by atoms with Gasteiger partial charge in [0, 0.05) is 29.6 Å². The molecule has 0 bridgehead atoms. The van der Waals surface area contributed by atoms with E-state index in [4.69, 9.17) is 0 Å². The van der Waals surface area contributed by atoms with Crippen molar-refractivity contribution in [2.24, 2.45) is 0 Å². The van der Waals surface area contributed by atoms with E-state index in [1.54, 1.807) is 11.8 Å². The van der Waals surface area contributed by atoms with Crippen LogP contribution in [0.25, 0.3) is 0 Å². The van der Waals surface area contributed by atoms with Crippen molar-refractivity contribution in [1.82, 2.24) is 5.32 Å². The van der Waals surface area contributed by atoms with E-state index in [0.717, 1.165) is 11.6 Å². The molecular weight excluding hydrogens is 264 g/mol. The summed E-state index contributed by atoms with van der Waals surface area (Å²) in [5, 5.41) is 3.15. The van der Waals surface area contributed by atoms with Crippen LogP contribution in [0.3, 0.4) is 0 Å². The number of benzene rings is 2. The van der Waals surface area contributed by atoms with Crippen LogP contribution in [0.2, 0.25) is 0 Å². The molecule has 1 N–H and O–H groups in total. The molecule has 0 amide bonds. The van der Waals surface area contributed by atoms with Crippen LogP contribution >= 0.6 is 11.8 Å². The highest BCUT2D eigenvalue weighted by molar-refractivity contribution is 7.98. The summed E-state index contributed by atoms with van der Waals surface area (Å²) in [7, 11) is 0. The molecule has 0 aromatic heterocycles. The van der Waals surface area contributed by atoms with Gasteiger partial charge in [-0.3, -0.25) is 0 Å². The Morgan fingerprint density at radius 2 is 1.74 bits per heavy atom. The number of thioether (sulfide) groups is 1. The predicted molar refractivity (Wildman–Crippen MR) is 75.1 cm³/mol. The zero-order chi connectivity index (χ0) is 13.7. The van der Waals surface area contributed by atoms with E-state index in [1.807, 2.05) is 18.4 Å². The molecule has 0 aliphatic carbocycles. The van der Waals surface area contributed by atoms with E-state index in [9.17, 15) is 8.78 Å². The minimum absolute atomic E-state index is 0.385. The first-order valence-electron chi connectivity index (χ1n) is 5.96. The number of nitrogens with one attached hydrogen (secondary N) is 1. The third-order valence-electron chi connectivity index (χ3n) is 2.82. The second-order valence-corrected chi connectivity index (χ2v) is 5.07. The third kappa shape index (κ3) is 4.04. The first-order chi connectivity index (χ1) is 9.19. The van der Waals surface area contributed by atoms with Crippen molar-refractivity contribution < 1.29 is 8.78 Å². The Bertz CT molecular complexity index is 540. The predicted octanol–water partition coefficient (Wildman–Crippen LogP) is 3.98. The molecule has 2 aromatic carbocycles. The van der Waals surface area contributed by atoms with E-state index >= 15 is 0 Å². The SMILES string of the molecule is CSc1ccc(CNCc2ccc(F)cc2F)cc1. The fourth-order valence-electron chi connectivity index (χ4n) is 1.75. The average molecular weight is 279 g/mol. The van der Waals surface area contributed by atoms with E-state index in [2.05, 4.69) is 17.4 Å². The Labute approximate surface area is 116 Å². The quantitative estimate of drug-likeness (QED) is 0.831. The van der Waals surface area contributed by atoms with E-state index in [0.29, 0.717) is 18.7 Å². The lowest BCUT2D eigenvalue weighted by Crippen LogP contribution is -2.13. The van der Waals surface area contributed by atoms with Crippen molar-refractivity contribution in [1.29, 1.82) is 0 Å². The standard InChI is InChI=1S/C15H15F2NS/c1-19-14-6-2-11(3-7-14)9-18-10-12-4-5-13(16)8-15(12)17/h2-8,18H,9-10H2,1H3. The lowest BCUT2D eigenvalue weighted by molar-refractivity contribution is 0.560. The lowest BCUT2D eigenvalue weighted by atomic mass is 10.2. The van der Waals surface area contributed by atoms with Crippen molar-refractivity contribution >= 4 is 11.8 Å². The number of halogens is 2. The molecule has 4 heteroatoms. The van der Waals surface area contributed by atoms with Gasteiger partial charge in [0.25, 0.3) is 0 Å². The molecule has 0 radical (unpaired) electrons. The van der Waals surface area contributed by atoms with Crippen molar-refractivity contribution in [2.45, 2.75) is 18.0 Å². The normalized spacial score (nSPS) is 10.7. The minimum Gasteiger partial charge on any atom is -0.309 e. The van der Waals surface area contributed by atoms with Crippen LogP contribution in [0.1, 0.15) is 11.1 Å². The average Bonchev–Trinajstić information content (AvgIpc) is 2.42. The lowest BCUT2D eigenvalue weighted by Gasteiger charge is -2.07. The molecule has 0 aliphatic rings. The number of rotatable bonds is 5. The van der Waals surface area contributed by atoms with Crippen LogP contribution in [-0.2, 0) is 13.1 Å². The van der Waals surface area contributed by atoms with Gasteiger partial charge in [-0.2, -0.15) is 0 Å². The molecular formula is C15H15F2NS. The maximum absolute atomic E-state index is 13.4. The maximum atomic E-state index is 13.4. The molecule has 0 heterocycles. The van der Waals surface area contributed by atoms with Crippen LogP contribution in [-0.4, -0.2) is 6.26 Å². The van der Waals surface area contributed by atoms with Gasteiger partial charge in [-0.25, -0.2) is 8.78 Å². The van der Waals surface area contributed by atoms with Gasteiger partial charge in [0.1, 0.15) is 11.6 Å². The van der Waals surface area contributed by atoms with Crippen LogP contribution < -0.4 is 5.32 Å². The highest BCUT2D eigenvalue weighted by Gasteiger charge is 2.03.